The third-order valence-electron chi connectivity index (χ3n) is 2.38. The number of halogens is 1. The van der Waals surface area contributed by atoms with E-state index in [9.17, 15) is 9.59 Å². The third-order valence-corrected chi connectivity index (χ3v) is 2.67. The molecule has 6 heteroatoms. The second-order valence-corrected chi connectivity index (χ2v) is 4.24. The van der Waals surface area contributed by atoms with Crippen molar-refractivity contribution >= 4 is 23.4 Å². The molecule has 0 aliphatic heterocycles. The van der Waals surface area contributed by atoms with Crippen molar-refractivity contribution in [3.63, 3.8) is 0 Å². The molecule has 1 rings (SSSR count). The minimum Gasteiger partial charge on any atom is -0.495 e. The molecule has 18 heavy (non-hydrogen) atoms. The Bertz CT molecular complexity index is 463. The van der Waals surface area contributed by atoms with E-state index in [1.807, 2.05) is 0 Å². The average molecular weight is 271 g/mol. The quantitative estimate of drug-likeness (QED) is 0.833. The summed E-state index contributed by atoms with van der Waals surface area (Å²) in [5.74, 6) is -0.342. The van der Waals surface area contributed by atoms with Gasteiger partial charge in [-0.15, -0.1) is 0 Å². The molecule has 0 unspecified atom stereocenters. The molecule has 1 aromatic rings. The number of carbonyl (C=O) groups is 2. The third kappa shape index (κ3) is 3.92. The van der Waals surface area contributed by atoms with E-state index in [0.29, 0.717) is 17.2 Å². The molecule has 0 aliphatic carbocycles. The molecule has 98 valence electrons. The number of methoxy groups -OCH3 is 1. The summed E-state index contributed by atoms with van der Waals surface area (Å²) in [6, 6.07) is 4.40. The van der Waals surface area contributed by atoms with Gasteiger partial charge >= 0.3 is 0 Å². The monoisotopic (exact) mass is 270 g/mol. The normalized spacial score (nSPS) is 11.7. The first-order valence-electron chi connectivity index (χ1n) is 5.33. The van der Waals surface area contributed by atoms with E-state index < -0.39 is 11.9 Å². The van der Waals surface area contributed by atoms with E-state index in [-0.39, 0.29) is 5.91 Å². The van der Waals surface area contributed by atoms with Crippen LogP contribution >= 0.6 is 11.6 Å². The largest absolute Gasteiger partial charge is 0.495 e. The van der Waals surface area contributed by atoms with Gasteiger partial charge < -0.3 is 15.8 Å². The fraction of sp³-hybridized carbons (Fsp3) is 0.333. The molecule has 0 bridgehead atoms. The lowest BCUT2D eigenvalue weighted by molar-refractivity contribution is -0.126. The van der Waals surface area contributed by atoms with Gasteiger partial charge in [0.15, 0.2) is 0 Å². The van der Waals surface area contributed by atoms with Crippen LogP contribution in [0.5, 0.6) is 5.75 Å². The highest BCUT2D eigenvalue weighted by molar-refractivity contribution is 6.32. The predicted molar refractivity (Wildman–Crippen MR) is 68.5 cm³/mol. The summed E-state index contributed by atoms with van der Waals surface area (Å²) in [5, 5.41) is 2.93. The van der Waals surface area contributed by atoms with E-state index in [2.05, 4.69) is 5.32 Å². The summed E-state index contributed by atoms with van der Waals surface area (Å²) in [5.41, 5.74) is 6.01. The Hall–Kier alpha value is -1.75. The number of primary amides is 1. The van der Waals surface area contributed by atoms with Crippen LogP contribution in [0.3, 0.4) is 0 Å². The number of carbonyl (C=O) groups excluding carboxylic acids is 2. The SMILES string of the molecule is COc1ccc(C[C@@H](NC(C)=O)C(N)=O)cc1Cl. The van der Waals surface area contributed by atoms with Crippen molar-refractivity contribution in [1.29, 1.82) is 0 Å². The first kappa shape index (κ1) is 14.3. The highest BCUT2D eigenvalue weighted by Gasteiger charge is 2.17. The number of rotatable bonds is 5. The second-order valence-electron chi connectivity index (χ2n) is 3.83. The van der Waals surface area contributed by atoms with E-state index in [0.717, 1.165) is 5.56 Å². The molecule has 0 spiro atoms. The summed E-state index contributed by atoms with van der Waals surface area (Å²) in [6.45, 7) is 1.33. The van der Waals surface area contributed by atoms with Gasteiger partial charge in [0.2, 0.25) is 11.8 Å². The number of amides is 2. The Morgan fingerprint density at radius 3 is 2.61 bits per heavy atom. The van der Waals surface area contributed by atoms with E-state index in [4.69, 9.17) is 22.1 Å². The lowest BCUT2D eigenvalue weighted by Gasteiger charge is -2.14. The van der Waals surface area contributed by atoms with Gasteiger partial charge in [-0.05, 0) is 17.7 Å². The van der Waals surface area contributed by atoms with Crippen molar-refractivity contribution in [2.75, 3.05) is 7.11 Å². The molecule has 0 saturated carbocycles. The van der Waals surface area contributed by atoms with Gasteiger partial charge in [-0.3, -0.25) is 9.59 Å². The Labute approximate surface area is 110 Å². The fourth-order valence-electron chi connectivity index (χ4n) is 1.54. The standard InChI is InChI=1S/C12H15ClN2O3/c1-7(16)15-10(12(14)17)6-8-3-4-11(18-2)9(13)5-8/h3-5,10H,6H2,1-2H3,(H2,14,17)(H,15,16)/t10-/m1/s1. The van der Waals surface area contributed by atoms with Crippen LogP contribution in [-0.4, -0.2) is 25.0 Å². The summed E-state index contributed by atoms with van der Waals surface area (Å²) in [7, 11) is 1.52. The lowest BCUT2D eigenvalue weighted by atomic mass is 10.1. The van der Waals surface area contributed by atoms with Crippen molar-refractivity contribution < 1.29 is 14.3 Å². The Kier molecular flexibility index (Phi) is 4.97. The highest BCUT2D eigenvalue weighted by atomic mass is 35.5. The maximum absolute atomic E-state index is 11.2. The molecule has 2 amide bonds. The summed E-state index contributed by atoms with van der Waals surface area (Å²) in [6.07, 6.45) is 0.290. The fourth-order valence-corrected chi connectivity index (χ4v) is 1.82. The number of hydrogen-bond donors (Lipinski definition) is 2. The zero-order chi connectivity index (χ0) is 13.7. The summed E-state index contributed by atoms with van der Waals surface area (Å²) >= 11 is 5.97. The Balaban J connectivity index is 2.84. The van der Waals surface area contributed by atoms with E-state index in [1.165, 1.54) is 14.0 Å². The number of ether oxygens (including phenoxy) is 1. The van der Waals surface area contributed by atoms with Crippen LogP contribution in [0.15, 0.2) is 18.2 Å². The lowest BCUT2D eigenvalue weighted by Crippen LogP contribution is -2.44. The van der Waals surface area contributed by atoms with Crippen molar-refractivity contribution in [2.45, 2.75) is 19.4 Å². The molecule has 0 fully saturated rings. The van der Waals surface area contributed by atoms with Gasteiger partial charge in [0.25, 0.3) is 0 Å². The van der Waals surface area contributed by atoms with Gasteiger partial charge in [-0.1, -0.05) is 17.7 Å². The Morgan fingerprint density at radius 1 is 1.50 bits per heavy atom. The van der Waals surface area contributed by atoms with Crippen LogP contribution in [0.4, 0.5) is 0 Å². The van der Waals surface area contributed by atoms with Crippen LogP contribution in [-0.2, 0) is 16.0 Å². The molecule has 0 radical (unpaired) electrons. The molecule has 0 aromatic heterocycles. The van der Waals surface area contributed by atoms with Gasteiger partial charge in [-0.25, -0.2) is 0 Å². The molecular weight excluding hydrogens is 256 g/mol. The Morgan fingerprint density at radius 2 is 2.17 bits per heavy atom. The van der Waals surface area contributed by atoms with Gasteiger partial charge in [-0.2, -0.15) is 0 Å². The second kappa shape index (κ2) is 6.26. The van der Waals surface area contributed by atoms with Gasteiger partial charge in [0, 0.05) is 13.3 Å². The maximum Gasteiger partial charge on any atom is 0.240 e. The molecule has 0 saturated heterocycles. The number of benzene rings is 1. The molecule has 0 heterocycles. The van der Waals surface area contributed by atoms with E-state index >= 15 is 0 Å². The first-order valence-corrected chi connectivity index (χ1v) is 5.70. The average Bonchev–Trinajstić information content (AvgIpc) is 2.27. The van der Waals surface area contributed by atoms with Crippen LogP contribution in [0, 0.1) is 0 Å². The van der Waals surface area contributed by atoms with Gasteiger partial charge in [0.1, 0.15) is 11.8 Å². The molecule has 1 aromatic carbocycles. The van der Waals surface area contributed by atoms with E-state index in [1.54, 1.807) is 18.2 Å². The van der Waals surface area contributed by atoms with Crippen molar-refractivity contribution in [1.82, 2.24) is 5.32 Å². The summed E-state index contributed by atoms with van der Waals surface area (Å²) in [4.78, 5) is 22.1. The maximum atomic E-state index is 11.2. The molecular formula is C12H15ClN2O3. The zero-order valence-electron chi connectivity index (χ0n) is 10.2. The van der Waals surface area contributed by atoms with Crippen molar-refractivity contribution in [3.05, 3.63) is 28.8 Å². The van der Waals surface area contributed by atoms with Gasteiger partial charge in [0.05, 0.1) is 12.1 Å². The molecule has 0 aliphatic rings. The highest BCUT2D eigenvalue weighted by Crippen LogP contribution is 2.25. The predicted octanol–water partition coefficient (Wildman–Crippen LogP) is 0.881. The number of hydrogen-bond acceptors (Lipinski definition) is 3. The minimum atomic E-state index is -0.744. The smallest absolute Gasteiger partial charge is 0.240 e. The van der Waals surface area contributed by atoms with Crippen LogP contribution in [0.25, 0.3) is 0 Å². The van der Waals surface area contributed by atoms with Crippen LogP contribution in [0.1, 0.15) is 12.5 Å². The topological polar surface area (TPSA) is 81.4 Å². The molecule has 3 N–H and O–H groups in total. The number of nitrogens with one attached hydrogen (secondary N) is 1. The summed E-state index contributed by atoms with van der Waals surface area (Å²) < 4.78 is 5.02. The zero-order valence-corrected chi connectivity index (χ0v) is 11.0. The molecule has 5 nitrogen and oxygen atoms in total. The van der Waals surface area contributed by atoms with Crippen LogP contribution in [0.2, 0.25) is 5.02 Å². The minimum absolute atomic E-state index is 0.290. The first-order chi connectivity index (χ1) is 8.43. The molecule has 1 atom stereocenters. The number of nitrogens with two attached hydrogens (primary N) is 1. The van der Waals surface area contributed by atoms with Crippen LogP contribution < -0.4 is 15.8 Å². The van der Waals surface area contributed by atoms with Crippen molar-refractivity contribution in [2.24, 2.45) is 5.73 Å². The van der Waals surface area contributed by atoms with Crippen molar-refractivity contribution in [3.8, 4) is 5.75 Å².